The SMILES string of the molecule is c1ccc(Cc2cnc3n2CC[N]C3)cc1. The summed E-state index contributed by atoms with van der Waals surface area (Å²) in [5.41, 5.74) is 2.64. The Labute approximate surface area is 95.1 Å². The minimum atomic E-state index is 0.773. The van der Waals surface area contributed by atoms with Crippen molar-refractivity contribution in [2.45, 2.75) is 19.5 Å². The van der Waals surface area contributed by atoms with E-state index in [0.29, 0.717) is 0 Å². The Balaban J connectivity index is 1.88. The van der Waals surface area contributed by atoms with Gasteiger partial charge in [0.05, 0.1) is 6.54 Å². The summed E-state index contributed by atoms with van der Waals surface area (Å²) >= 11 is 0. The van der Waals surface area contributed by atoms with Crippen molar-refractivity contribution in [2.75, 3.05) is 6.54 Å². The number of hydrogen-bond donors (Lipinski definition) is 0. The molecule has 0 saturated heterocycles. The zero-order valence-electron chi connectivity index (χ0n) is 9.13. The Morgan fingerprint density at radius 3 is 2.94 bits per heavy atom. The lowest BCUT2D eigenvalue weighted by molar-refractivity contribution is 0.488. The quantitative estimate of drug-likeness (QED) is 0.744. The highest BCUT2D eigenvalue weighted by Crippen LogP contribution is 2.13. The maximum atomic E-state index is 4.42. The van der Waals surface area contributed by atoms with E-state index in [-0.39, 0.29) is 0 Å². The molecule has 0 atom stereocenters. The summed E-state index contributed by atoms with van der Waals surface area (Å²) in [6, 6.07) is 10.5. The summed E-state index contributed by atoms with van der Waals surface area (Å²) in [5, 5.41) is 4.36. The maximum absolute atomic E-state index is 4.42. The molecule has 1 aromatic heterocycles. The van der Waals surface area contributed by atoms with Gasteiger partial charge in [0.15, 0.2) is 0 Å². The molecule has 1 aliphatic heterocycles. The van der Waals surface area contributed by atoms with Crippen LogP contribution in [0.15, 0.2) is 36.5 Å². The first-order valence-electron chi connectivity index (χ1n) is 5.64. The van der Waals surface area contributed by atoms with Gasteiger partial charge in [0.2, 0.25) is 0 Å². The molecule has 81 valence electrons. The number of hydrogen-bond acceptors (Lipinski definition) is 1. The monoisotopic (exact) mass is 212 g/mol. The largest absolute Gasteiger partial charge is 0.329 e. The van der Waals surface area contributed by atoms with Crippen LogP contribution in [0.2, 0.25) is 0 Å². The van der Waals surface area contributed by atoms with Crippen molar-refractivity contribution >= 4 is 0 Å². The van der Waals surface area contributed by atoms with Crippen molar-refractivity contribution in [3.63, 3.8) is 0 Å². The van der Waals surface area contributed by atoms with Gasteiger partial charge in [-0.05, 0) is 5.56 Å². The number of benzene rings is 1. The number of rotatable bonds is 2. The summed E-state index contributed by atoms with van der Waals surface area (Å²) < 4.78 is 2.31. The van der Waals surface area contributed by atoms with Gasteiger partial charge in [0, 0.05) is 31.4 Å². The second-order valence-electron chi connectivity index (χ2n) is 4.09. The lowest BCUT2D eigenvalue weighted by Crippen LogP contribution is -2.24. The highest BCUT2D eigenvalue weighted by atomic mass is 15.2. The van der Waals surface area contributed by atoms with Crippen LogP contribution in [-0.2, 0) is 19.5 Å². The van der Waals surface area contributed by atoms with Crippen LogP contribution in [0.1, 0.15) is 17.1 Å². The van der Waals surface area contributed by atoms with Crippen LogP contribution in [0.4, 0.5) is 0 Å². The molecule has 2 aromatic rings. The molecule has 0 bridgehead atoms. The predicted octanol–water partition coefficient (Wildman–Crippen LogP) is 1.59. The van der Waals surface area contributed by atoms with Crippen LogP contribution in [0.25, 0.3) is 0 Å². The topological polar surface area (TPSA) is 31.9 Å². The first-order valence-corrected chi connectivity index (χ1v) is 5.64. The van der Waals surface area contributed by atoms with E-state index in [1.807, 2.05) is 12.3 Å². The molecule has 1 aliphatic rings. The molecule has 0 aliphatic carbocycles. The molecule has 0 saturated carbocycles. The van der Waals surface area contributed by atoms with Crippen molar-refractivity contribution in [2.24, 2.45) is 0 Å². The van der Waals surface area contributed by atoms with Crippen LogP contribution in [0.3, 0.4) is 0 Å². The van der Waals surface area contributed by atoms with Crippen LogP contribution in [-0.4, -0.2) is 16.1 Å². The Kier molecular flexibility index (Phi) is 2.46. The summed E-state index contributed by atoms with van der Waals surface area (Å²) in [7, 11) is 0. The molecule has 0 N–H and O–H groups in total. The van der Waals surface area contributed by atoms with E-state index in [9.17, 15) is 0 Å². The van der Waals surface area contributed by atoms with Crippen molar-refractivity contribution in [3.05, 3.63) is 53.6 Å². The number of imidazole rings is 1. The molecule has 0 unspecified atom stereocenters. The summed E-state index contributed by atoms with van der Waals surface area (Å²) in [6.07, 6.45) is 2.96. The lowest BCUT2D eigenvalue weighted by atomic mass is 10.1. The molecule has 16 heavy (non-hydrogen) atoms. The number of fused-ring (bicyclic) bond motifs is 1. The van der Waals surface area contributed by atoms with E-state index < -0.39 is 0 Å². The smallest absolute Gasteiger partial charge is 0.124 e. The Morgan fingerprint density at radius 2 is 2.06 bits per heavy atom. The van der Waals surface area contributed by atoms with E-state index in [0.717, 1.165) is 31.9 Å². The fraction of sp³-hybridized carbons (Fsp3) is 0.308. The second-order valence-corrected chi connectivity index (χ2v) is 4.09. The van der Waals surface area contributed by atoms with Gasteiger partial charge in [-0.3, -0.25) is 0 Å². The van der Waals surface area contributed by atoms with Crippen molar-refractivity contribution in [1.29, 1.82) is 0 Å². The van der Waals surface area contributed by atoms with Gasteiger partial charge in [0.1, 0.15) is 5.82 Å². The highest BCUT2D eigenvalue weighted by molar-refractivity contribution is 5.22. The average molecular weight is 212 g/mol. The lowest BCUT2D eigenvalue weighted by Gasteiger charge is -2.16. The maximum Gasteiger partial charge on any atom is 0.124 e. The highest BCUT2D eigenvalue weighted by Gasteiger charge is 2.13. The second kappa shape index (κ2) is 4.10. The van der Waals surface area contributed by atoms with Crippen LogP contribution in [0.5, 0.6) is 0 Å². The molecule has 1 aromatic carbocycles. The van der Waals surface area contributed by atoms with Crippen molar-refractivity contribution < 1.29 is 0 Å². The molecule has 3 nitrogen and oxygen atoms in total. The molecule has 1 radical (unpaired) electrons. The van der Waals surface area contributed by atoms with E-state index in [1.165, 1.54) is 11.3 Å². The van der Waals surface area contributed by atoms with Crippen LogP contribution < -0.4 is 5.32 Å². The zero-order chi connectivity index (χ0) is 10.8. The van der Waals surface area contributed by atoms with Gasteiger partial charge in [-0.1, -0.05) is 30.3 Å². The van der Waals surface area contributed by atoms with Gasteiger partial charge < -0.3 is 4.57 Å². The molecule has 0 spiro atoms. The first kappa shape index (κ1) is 9.60. The molecule has 2 heterocycles. The van der Waals surface area contributed by atoms with Crippen LogP contribution in [0, 0.1) is 0 Å². The standard InChI is InChI=1S/C13H14N3/c1-2-4-11(5-3-1)8-12-9-15-13-10-14-6-7-16(12)13/h1-5,9H,6-8,10H2. The Morgan fingerprint density at radius 1 is 1.19 bits per heavy atom. The van der Waals surface area contributed by atoms with Gasteiger partial charge in [0.25, 0.3) is 0 Å². The Bertz CT molecular complexity index is 473. The Hall–Kier alpha value is -1.61. The summed E-state index contributed by atoms with van der Waals surface area (Å²) in [5.74, 6) is 1.11. The minimum absolute atomic E-state index is 0.773. The average Bonchev–Trinajstić information content (AvgIpc) is 2.74. The first-order chi connectivity index (χ1) is 7.93. The number of nitrogens with zero attached hydrogens (tertiary/aromatic N) is 3. The molecule has 0 fully saturated rings. The molecular weight excluding hydrogens is 198 g/mol. The van der Waals surface area contributed by atoms with E-state index in [4.69, 9.17) is 0 Å². The number of aromatic nitrogens is 2. The minimum Gasteiger partial charge on any atom is -0.329 e. The molecule has 3 heteroatoms. The third-order valence-electron chi connectivity index (χ3n) is 2.98. The van der Waals surface area contributed by atoms with Gasteiger partial charge in [-0.25, -0.2) is 10.3 Å². The third kappa shape index (κ3) is 1.74. The molecular formula is C13H14N3. The van der Waals surface area contributed by atoms with E-state index in [1.54, 1.807) is 0 Å². The summed E-state index contributed by atoms with van der Waals surface area (Å²) in [4.78, 5) is 4.42. The normalized spacial score (nSPS) is 14.8. The predicted molar refractivity (Wildman–Crippen MR) is 62.2 cm³/mol. The van der Waals surface area contributed by atoms with Gasteiger partial charge in [-0.2, -0.15) is 0 Å². The van der Waals surface area contributed by atoms with E-state index >= 15 is 0 Å². The fourth-order valence-corrected chi connectivity index (χ4v) is 2.15. The van der Waals surface area contributed by atoms with Crippen molar-refractivity contribution in [3.8, 4) is 0 Å². The van der Waals surface area contributed by atoms with Gasteiger partial charge >= 0.3 is 0 Å². The summed E-state index contributed by atoms with van der Waals surface area (Å²) in [6.45, 7) is 2.68. The molecule has 3 rings (SSSR count). The third-order valence-corrected chi connectivity index (χ3v) is 2.98. The zero-order valence-corrected chi connectivity index (χ0v) is 9.13. The van der Waals surface area contributed by atoms with Crippen molar-refractivity contribution in [1.82, 2.24) is 14.9 Å². The van der Waals surface area contributed by atoms with Gasteiger partial charge in [-0.15, -0.1) is 0 Å². The van der Waals surface area contributed by atoms with Crippen LogP contribution >= 0.6 is 0 Å². The fourth-order valence-electron chi connectivity index (χ4n) is 2.15. The molecule has 0 amide bonds. The van der Waals surface area contributed by atoms with E-state index in [2.05, 4.69) is 39.1 Å².